The first-order chi connectivity index (χ1) is 12.1. The van der Waals surface area contributed by atoms with Gasteiger partial charge < -0.3 is 9.47 Å². The maximum absolute atomic E-state index is 12.6. The van der Waals surface area contributed by atoms with Crippen LogP contribution >= 0.6 is 0 Å². The zero-order valence-corrected chi connectivity index (χ0v) is 13.3. The van der Waals surface area contributed by atoms with Crippen LogP contribution in [0, 0.1) is 10.1 Å². The normalized spacial score (nSPS) is 11.3. The number of esters is 2. The number of non-ortho nitro benzene ring substituents is 1. The summed E-state index contributed by atoms with van der Waals surface area (Å²) in [6, 6.07) is 5.44. The van der Waals surface area contributed by atoms with Crippen molar-refractivity contribution in [3.8, 4) is 0 Å². The van der Waals surface area contributed by atoms with Crippen LogP contribution in [-0.2, 0) is 25.7 Å². The molecule has 0 aromatic heterocycles. The third-order valence-corrected chi connectivity index (χ3v) is 3.03. The smallest absolute Gasteiger partial charge is 0.340 e. The number of carbonyl (C=O) groups is 2. The highest BCUT2D eigenvalue weighted by Gasteiger charge is 2.42. The number of halogens is 4. The van der Waals surface area contributed by atoms with Crippen molar-refractivity contribution in [3.63, 3.8) is 0 Å². The van der Waals surface area contributed by atoms with Gasteiger partial charge in [-0.3, -0.25) is 19.7 Å². The summed E-state index contributed by atoms with van der Waals surface area (Å²) < 4.78 is 57.7. The minimum atomic E-state index is -4.42. The molecular weight excluding hydrogens is 366 g/mol. The van der Waals surface area contributed by atoms with E-state index >= 15 is 0 Å². The number of hydrogen-bond acceptors (Lipinski definition) is 6. The molecule has 0 N–H and O–H groups in total. The van der Waals surface area contributed by atoms with Gasteiger partial charge in [-0.2, -0.15) is 8.78 Å². The minimum absolute atomic E-state index is 0.0904. The molecular formula is C15H15F4NO6. The molecule has 0 saturated heterocycles. The lowest BCUT2D eigenvalue weighted by atomic mass is 10.2. The maximum atomic E-state index is 12.6. The highest BCUT2D eigenvalue weighted by Crippen LogP contribution is 2.23. The Morgan fingerprint density at radius 3 is 2.35 bits per heavy atom. The molecule has 1 aromatic rings. The lowest BCUT2D eigenvalue weighted by molar-refractivity contribution is -0.384. The molecule has 1 aromatic carbocycles. The zero-order chi connectivity index (χ0) is 19.7. The summed E-state index contributed by atoms with van der Waals surface area (Å²) >= 11 is 0. The summed E-state index contributed by atoms with van der Waals surface area (Å²) in [6.07, 6.45) is -4.70. The van der Waals surface area contributed by atoms with Crippen LogP contribution in [0.2, 0.25) is 0 Å². The Morgan fingerprint density at radius 1 is 1.15 bits per heavy atom. The lowest BCUT2D eigenvalue weighted by Crippen LogP contribution is -2.33. The first kappa shape index (κ1) is 21.3. The second kappa shape index (κ2) is 9.68. The average molecular weight is 381 g/mol. The van der Waals surface area contributed by atoms with Crippen LogP contribution in [0.15, 0.2) is 24.3 Å². The molecule has 0 amide bonds. The number of benzene rings is 1. The first-order valence-electron chi connectivity index (χ1n) is 7.32. The van der Waals surface area contributed by atoms with Gasteiger partial charge in [0.05, 0.1) is 4.92 Å². The number of nitro groups is 1. The largest absolute Gasteiger partial charge is 0.461 e. The fourth-order valence-corrected chi connectivity index (χ4v) is 1.68. The summed E-state index contributed by atoms with van der Waals surface area (Å²) in [5.41, 5.74) is 0.225. The van der Waals surface area contributed by atoms with Crippen LogP contribution in [0.1, 0.15) is 24.8 Å². The van der Waals surface area contributed by atoms with Gasteiger partial charge in [0.1, 0.15) is 6.61 Å². The van der Waals surface area contributed by atoms with E-state index in [1.54, 1.807) is 0 Å². The second-order valence-corrected chi connectivity index (χ2v) is 5.16. The Balaban J connectivity index is 2.27. The van der Waals surface area contributed by atoms with Gasteiger partial charge in [-0.25, -0.2) is 8.78 Å². The van der Waals surface area contributed by atoms with Crippen molar-refractivity contribution in [2.75, 3.05) is 6.61 Å². The molecule has 7 nitrogen and oxygen atoms in total. The topological polar surface area (TPSA) is 95.7 Å². The third kappa shape index (κ3) is 7.45. The van der Waals surface area contributed by atoms with E-state index in [0.29, 0.717) is 5.56 Å². The molecule has 0 aliphatic carbocycles. The minimum Gasteiger partial charge on any atom is -0.461 e. The van der Waals surface area contributed by atoms with E-state index in [2.05, 4.69) is 4.74 Å². The van der Waals surface area contributed by atoms with Crippen molar-refractivity contribution in [3.05, 3.63) is 39.9 Å². The Labute approximate surface area is 145 Å². The second-order valence-electron chi connectivity index (χ2n) is 5.16. The molecule has 0 unspecified atom stereocenters. The van der Waals surface area contributed by atoms with Crippen LogP contribution in [0.4, 0.5) is 23.2 Å². The lowest BCUT2D eigenvalue weighted by Gasteiger charge is -2.14. The fraction of sp³-hybridized carbons (Fsp3) is 0.467. The summed E-state index contributed by atoms with van der Waals surface area (Å²) in [7, 11) is 0. The van der Waals surface area contributed by atoms with Crippen LogP contribution in [-0.4, -0.2) is 35.8 Å². The van der Waals surface area contributed by atoms with Crippen molar-refractivity contribution < 1.29 is 41.5 Å². The molecule has 0 heterocycles. The number of nitrogens with zero attached hydrogens (tertiary/aromatic N) is 1. The molecule has 0 radical (unpaired) electrons. The van der Waals surface area contributed by atoms with Crippen molar-refractivity contribution in [2.24, 2.45) is 0 Å². The van der Waals surface area contributed by atoms with Gasteiger partial charge in [0, 0.05) is 25.0 Å². The summed E-state index contributed by atoms with van der Waals surface area (Å²) in [5.74, 6) is -6.29. The predicted molar refractivity (Wildman–Crippen MR) is 78.7 cm³/mol. The molecule has 0 saturated carbocycles. The van der Waals surface area contributed by atoms with E-state index in [1.807, 2.05) is 0 Å². The van der Waals surface area contributed by atoms with Gasteiger partial charge in [-0.15, -0.1) is 0 Å². The van der Waals surface area contributed by atoms with Gasteiger partial charge in [0.2, 0.25) is 0 Å². The monoisotopic (exact) mass is 381 g/mol. The Hall–Kier alpha value is -2.72. The summed E-state index contributed by atoms with van der Waals surface area (Å²) in [5, 5.41) is 10.6. The maximum Gasteiger partial charge on any atom is 0.340 e. The molecule has 0 spiro atoms. The standard InChI is InChI=1S/C15H15F4NO6/c16-14(17)15(18,19)9-26-13(22)6-2-5-12(21)25-8-10-3-1-4-11(7-10)20(23)24/h1,3-4,7,14H,2,5-6,8-9H2. The van der Waals surface area contributed by atoms with E-state index in [1.165, 1.54) is 24.3 Å². The van der Waals surface area contributed by atoms with E-state index in [-0.39, 0.29) is 25.1 Å². The van der Waals surface area contributed by atoms with E-state index < -0.39 is 42.2 Å². The van der Waals surface area contributed by atoms with E-state index in [0.717, 1.165) is 0 Å². The van der Waals surface area contributed by atoms with Crippen LogP contribution in [0.5, 0.6) is 0 Å². The van der Waals surface area contributed by atoms with Gasteiger partial charge in [-0.05, 0) is 12.0 Å². The van der Waals surface area contributed by atoms with E-state index in [4.69, 9.17) is 4.74 Å². The number of carbonyl (C=O) groups excluding carboxylic acids is 2. The van der Waals surface area contributed by atoms with Gasteiger partial charge in [0.25, 0.3) is 5.69 Å². The van der Waals surface area contributed by atoms with Crippen molar-refractivity contribution in [2.45, 2.75) is 38.2 Å². The first-order valence-corrected chi connectivity index (χ1v) is 7.32. The summed E-state index contributed by atoms with van der Waals surface area (Å²) in [6.45, 7) is -1.95. The molecule has 0 bridgehead atoms. The number of ether oxygens (including phenoxy) is 2. The highest BCUT2D eigenvalue weighted by atomic mass is 19.3. The third-order valence-electron chi connectivity index (χ3n) is 3.03. The number of rotatable bonds is 10. The Bertz CT molecular complexity index is 653. The zero-order valence-electron chi connectivity index (χ0n) is 13.3. The predicted octanol–water partition coefficient (Wildman–Crippen LogP) is 3.25. The van der Waals surface area contributed by atoms with Crippen LogP contribution < -0.4 is 0 Å². The Kier molecular flexibility index (Phi) is 7.94. The number of alkyl halides is 4. The Morgan fingerprint density at radius 2 is 1.77 bits per heavy atom. The molecule has 1 rings (SSSR count). The molecule has 26 heavy (non-hydrogen) atoms. The van der Waals surface area contributed by atoms with Crippen molar-refractivity contribution in [1.82, 2.24) is 0 Å². The highest BCUT2D eigenvalue weighted by molar-refractivity contribution is 5.72. The van der Waals surface area contributed by atoms with E-state index in [9.17, 15) is 37.3 Å². The number of hydrogen-bond donors (Lipinski definition) is 0. The van der Waals surface area contributed by atoms with Crippen LogP contribution in [0.25, 0.3) is 0 Å². The molecule has 11 heteroatoms. The molecule has 0 fully saturated rings. The molecule has 0 aliphatic rings. The molecule has 0 atom stereocenters. The number of nitro benzene ring substituents is 1. The quantitative estimate of drug-likeness (QED) is 0.267. The van der Waals surface area contributed by atoms with Crippen LogP contribution in [0.3, 0.4) is 0 Å². The van der Waals surface area contributed by atoms with Gasteiger partial charge in [-0.1, -0.05) is 12.1 Å². The fourth-order valence-electron chi connectivity index (χ4n) is 1.68. The van der Waals surface area contributed by atoms with Crippen molar-refractivity contribution in [1.29, 1.82) is 0 Å². The van der Waals surface area contributed by atoms with Gasteiger partial charge >= 0.3 is 24.3 Å². The SMILES string of the molecule is O=C(CCCC(=O)OCC(F)(F)C(F)F)OCc1cccc([N+](=O)[O-])c1. The average Bonchev–Trinajstić information content (AvgIpc) is 2.58. The molecule has 0 aliphatic heterocycles. The molecule has 144 valence electrons. The van der Waals surface area contributed by atoms with Gasteiger partial charge in [0.15, 0.2) is 6.61 Å². The summed E-state index contributed by atoms with van der Waals surface area (Å²) in [4.78, 5) is 32.7. The van der Waals surface area contributed by atoms with Crippen molar-refractivity contribution >= 4 is 17.6 Å².